The van der Waals surface area contributed by atoms with Crippen molar-refractivity contribution >= 4 is 17.3 Å². The topological polar surface area (TPSA) is 110 Å². The number of amides is 1. The Labute approximate surface area is 117 Å². The van der Waals surface area contributed by atoms with Crippen molar-refractivity contribution in [1.82, 2.24) is 5.32 Å². The molecule has 0 unspecified atom stereocenters. The highest BCUT2D eigenvalue weighted by molar-refractivity contribution is 5.77. The molecule has 0 spiro atoms. The molecule has 0 bridgehead atoms. The molecule has 0 radical (unpaired) electrons. The van der Waals surface area contributed by atoms with E-state index in [1.165, 1.54) is 0 Å². The number of rotatable bonds is 6. The van der Waals surface area contributed by atoms with Gasteiger partial charge in [-0.2, -0.15) is 13.2 Å². The van der Waals surface area contributed by atoms with E-state index in [9.17, 15) is 28.1 Å². The molecule has 21 heavy (non-hydrogen) atoms. The number of nitrogens with one attached hydrogen (secondary N) is 2. The maximum atomic E-state index is 12.5. The quantitative estimate of drug-likeness (QED) is 0.414. The Bertz CT molecular complexity index is 534. The molecule has 10 heteroatoms. The number of halogens is 3. The molecule has 0 saturated carbocycles. The number of nitro groups is 1. The smallest absolute Gasteiger partial charge is 0.378 e. The van der Waals surface area contributed by atoms with E-state index in [0.29, 0.717) is 6.07 Å². The minimum absolute atomic E-state index is 0.0602. The molecule has 1 aromatic carbocycles. The summed E-state index contributed by atoms with van der Waals surface area (Å²) in [5.41, 5.74) is 3.21. The minimum atomic E-state index is -4.65. The molecule has 116 valence electrons. The Kier molecular flexibility index (Phi) is 5.47. The van der Waals surface area contributed by atoms with Gasteiger partial charge in [0.1, 0.15) is 5.69 Å². The number of carbonyl (C=O) groups is 1. The minimum Gasteiger partial charge on any atom is -0.378 e. The van der Waals surface area contributed by atoms with Gasteiger partial charge in [-0.3, -0.25) is 14.9 Å². The molecule has 1 aromatic rings. The first kappa shape index (κ1) is 16.7. The zero-order valence-electron chi connectivity index (χ0n) is 10.7. The highest BCUT2D eigenvalue weighted by Crippen LogP contribution is 2.34. The standard InChI is InChI=1S/C11H13F3N4O3/c12-11(13,14)7-1-2-8(9(5-7)18(20)21)16-3-4-17-10(19)6-15/h1-2,5,16H,3-4,6,15H2,(H,17,19). The molecule has 4 N–H and O–H groups in total. The Morgan fingerprint density at radius 3 is 2.52 bits per heavy atom. The van der Waals surface area contributed by atoms with Crippen molar-refractivity contribution in [3.63, 3.8) is 0 Å². The lowest BCUT2D eigenvalue weighted by Crippen LogP contribution is -2.33. The summed E-state index contributed by atoms with van der Waals surface area (Å²) < 4.78 is 37.5. The van der Waals surface area contributed by atoms with Crippen molar-refractivity contribution in [2.24, 2.45) is 5.73 Å². The molecule has 0 aromatic heterocycles. The average molecular weight is 306 g/mol. The molecule has 1 rings (SSSR count). The third-order valence-corrected chi connectivity index (χ3v) is 2.47. The second-order valence-corrected chi connectivity index (χ2v) is 3.97. The molecule has 0 heterocycles. The van der Waals surface area contributed by atoms with Crippen molar-refractivity contribution < 1.29 is 22.9 Å². The normalized spacial score (nSPS) is 11.0. The lowest BCUT2D eigenvalue weighted by Gasteiger charge is -2.10. The number of nitrogens with two attached hydrogens (primary N) is 1. The fourth-order valence-corrected chi connectivity index (χ4v) is 1.48. The predicted octanol–water partition coefficient (Wildman–Crippen LogP) is 1.10. The van der Waals surface area contributed by atoms with Gasteiger partial charge >= 0.3 is 6.18 Å². The monoisotopic (exact) mass is 306 g/mol. The molecular weight excluding hydrogens is 293 g/mol. The largest absolute Gasteiger partial charge is 0.416 e. The van der Waals surface area contributed by atoms with E-state index in [2.05, 4.69) is 10.6 Å². The van der Waals surface area contributed by atoms with Crippen LogP contribution in [0.3, 0.4) is 0 Å². The van der Waals surface area contributed by atoms with Crippen molar-refractivity contribution in [3.8, 4) is 0 Å². The fraction of sp³-hybridized carbons (Fsp3) is 0.364. The van der Waals surface area contributed by atoms with Gasteiger partial charge in [0.05, 0.1) is 17.0 Å². The second-order valence-electron chi connectivity index (χ2n) is 3.97. The van der Waals surface area contributed by atoms with E-state index in [-0.39, 0.29) is 25.3 Å². The molecule has 0 aliphatic carbocycles. The van der Waals surface area contributed by atoms with Gasteiger partial charge in [0.2, 0.25) is 5.91 Å². The first-order valence-electron chi connectivity index (χ1n) is 5.82. The molecular formula is C11H13F3N4O3. The van der Waals surface area contributed by atoms with Gasteiger partial charge in [0, 0.05) is 19.2 Å². The first-order valence-corrected chi connectivity index (χ1v) is 5.82. The van der Waals surface area contributed by atoms with Crippen LogP contribution in [0, 0.1) is 10.1 Å². The van der Waals surface area contributed by atoms with E-state index >= 15 is 0 Å². The summed E-state index contributed by atoms with van der Waals surface area (Å²) in [5.74, 6) is -0.404. The van der Waals surface area contributed by atoms with E-state index in [4.69, 9.17) is 5.73 Å². The number of nitrogens with zero attached hydrogens (tertiary/aromatic N) is 1. The molecule has 0 fully saturated rings. The van der Waals surface area contributed by atoms with Crippen LogP contribution in [0.25, 0.3) is 0 Å². The summed E-state index contributed by atoms with van der Waals surface area (Å²) in [7, 11) is 0. The SMILES string of the molecule is NCC(=O)NCCNc1ccc(C(F)(F)F)cc1[N+](=O)[O-]. The van der Waals surface area contributed by atoms with E-state index < -0.39 is 28.3 Å². The van der Waals surface area contributed by atoms with E-state index in [0.717, 1.165) is 12.1 Å². The van der Waals surface area contributed by atoms with Gasteiger partial charge in [0.25, 0.3) is 5.69 Å². The van der Waals surface area contributed by atoms with Crippen LogP contribution in [0.1, 0.15) is 5.56 Å². The van der Waals surface area contributed by atoms with Gasteiger partial charge < -0.3 is 16.4 Å². The third kappa shape index (κ3) is 4.91. The van der Waals surface area contributed by atoms with Crippen LogP contribution in [0.2, 0.25) is 0 Å². The first-order chi connectivity index (χ1) is 9.75. The van der Waals surface area contributed by atoms with Crippen molar-refractivity contribution in [3.05, 3.63) is 33.9 Å². The number of nitro benzene ring substituents is 1. The molecule has 0 saturated heterocycles. The molecule has 0 aliphatic heterocycles. The third-order valence-electron chi connectivity index (χ3n) is 2.47. The number of benzene rings is 1. The van der Waals surface area contributed by atoms with Crippen LogP contribution in [0.5, 0.6) is 0 Å². The predicted molar refractivity (Wildman–Crippen MR) is 68.7 cm³/mol. The Hall–Kier alpha value is -2.36. The summed E-state index contributed by atoms with van der Waals surface area (Å²) in [6, 6.07) is 2.18. The Morgan fingerprint density at radius 2 is 2.00 bits per heavy atom. The van der Waals surface area contributed by atoms with Gasteiger partial charge in [-0.25, -0.2) is 0 Å². The number of hydrogen-bond acceptors (Lipinski definition) is 5. The number of alkyl halides is 3. The maximum Gasteiger partial charge on any atom is 0.416 e. The average Bonchev–Trinajstić information content (AvgIpc) is 2.41. The zero-order valence-corrected chi connectivity index (χ0v) is 10.7. The lowest BCUT2D eigenvalue weighted by atomic mass is 10.1. The van der Waals surface area contributed by atoms with E-state index in [1.54, 1.807) is 0 Å². The highest BCUT2D eigenvalue weighted by Gasteiger charge is 2.32. The molecule has 0 aliphatic rings. The van der Waals surface area contributed by atoms with Crippen molar-refractivity contribution in [2.45, 2.75) is 6.18 Å². The maximum absolute atomic E-state index is 12.5. The summed E-state index contributed by atoms with van der Waals surface area (Å²) in [4.78, 5) is 20.7. The molecule has 7 nitrogen and oxygen atoms in total. The molecule has 1 amide bonds. The van der Waals surface area contributed by atoms with E-state index in [1.807, 2.05) is 0 Å². The summed E-state index contributed by atoms with van der Waals surface area (Å²) in [6.45, 7) is 0.0482. The van der Waals surface area contributed by atoms with Crippen LogP contribution in [0.15, 0.2) is 18.2 Å². The van der Waals surface area contributed by atoms with Crippen molar-refractivity contribution in [1.29, 1.82) is 0 Å². The summed E-state index contributed by atoms with van der Waals surface area (Å²) in [6.07, 6.45) is -4.65. The van der Waals surface area contributed by atoms with Crippen LogP contribution in [-0.2, 0) is 11.0 Å². The van der Waals surface area contributed by atoms with Gasteiger partial charge in [-0.05, 0) is 12.1 Å². The highest BCUT2D eigenvalue weighted by atomic mass is 19.4. The molecule has 0 atom stereocenters. The zero-order chi connectivity index (χ0) is 16.0. The van der Waals surface area contributed by atoms with Crippen molar-refractivity contribution in [2.75, 3.05) is 25.0 Å². The summed E-state index contributed by atoms with van der Waals surface area (Å²) >= 11 is 0. The lowest BCUT2D eigenvalue weighted by molar-refractivity contribution is -0.384. The number of hydrogen-bond donors (Lipinski definition) is 3. The Balaban J connectivity index is 2.78. The van der Waals surface area contributed by atoms with Gasteiger partial charge in [-0.1, -0.05) is 0 Å². The number of carbonyl (C=O) groups excluding carboxylic acids is 1. The van der Waals surface area contributed by atoms with Gasteiger partial charge in [0.15, 0.2) is 0 Å². The Morgan fingerprint density at radius 1 is 1.33 bits per heavy atom. The van der Waals surface area contributed by atoms with Crippen LogP contribution >= 0.6 is 0 Å². The second kappa shape index (κ2) is 6.88. The van der Waals surface area contributed by atoms with Gasteiger partial charge in [-0.15, -0.1) is 0 Å². The van der Waals surface area contributed by atoms with Crippen LogP contribution in [-0.4, -0.2) is 30.5 Å². The summed E-state index contributed by atoms with van der Waals surface area (Å²) in [5, 5.41) is 15.8. The van der Waals surface area contributed by atoms with Crippen LogP contribution < -0.4 is 16.4 Å². The van der Waals surface area contributed by atoms with Crippen LogP contribution in [0.4, 0.5) is 24.5 Å². The number of anilines is 1. The fourth-order valence-electron chi connectivity index (χ4n) is 1.48.